The van der Waals surface area contributed by atoms with Gasteiger partial charge in [0.1, 0.15) is 0 Å². The van der Waals surface area contributed by atoms with Crippen LogP contribution in [0.3, 0.4) is 0 Å². The molecular weight excluding hydrogens is 194 g/mol. The van der Waals surface area contributed by atoms with Gasteiger partial charge in [0.2, 0.25) is 0 Å². The summed E-state index contributed by atoms with van der Waals surface area (Å²) in [6.07, 6.45) is 12.2. The quantitative estimate of drug-likeness (QED) is 0.743. The average Bonchev–Trinajstić information content (AvgIpc) is 2.30. The lowest BCUT2D eigenvalue weighted by Gasteiger charge is -2.11. The van der Waals surface area contributed by atoms with Crippen molar-refractivity contribution in [3.63, 3.8) is 0 Å². The number of aryl methyl sites for hydroxylation is 2. The van der Waals surface area contributed by atoms with E-state index in [2.05, 4.69) is 49.2 Å². The van der Waals surface area contributed by atoms with E-state index in [0.29, 0.717) is 5.92 Å². The lowest BCUT2D eigenvalue weighted by atomic mass is 9.95. The Morgan fingerprint density at radius 1 is 1.31 bits per heavy atom. The molecule has 0 fully saturated rings. The van der Waals surface area contributed by atoms with E-state index in [0.717, 1.165) is 12.8 Å². The highest BCUT2D eigenvalue weighted by molar-refractivity contribution is 5.24. The zero-order chi connectivity index (χ0) is 11.4. The third-order valence-electron chi connectivity index (χ3n) is 3.03. The van der Waals surface area contributed by atoms with E-state index in [9.17, 15) is 0 Å². The molecule has 0 amide bonds. The van der Waals surface area contributed by atoms with Crippen molar-refractivity contribution >= 4 is 0 Å². The van der Waals surface area contributed by atoms with Crippen molar-refractivity contribution in [3.05, 3.63) is 53.4 Å². The molecule has 0 spiro atoms. The summed E-state index contributed by atoms with van der Waals surface area (Å²) in [5.74, 6) is 0.709. The molecule has 0 radical (unpaired) electrons. The van der Waals surface area contributed by atoms with E-state index < -0.39 is 0 Å². The van der Waals surface area contributed by atoms with Crippen LogP contribution in [-0.2, 0) is 6.42 Å². The Kier molecular flexibility index (Phi) is 3.55. The van der Waals surface area contributed by atoms with E-state index in [4.69, 9.17) is 0 Å². The summed E-state index contributed by atoms with van der Waals surface area (Å²) in [4.78, 5) is 4.43. The fourth-order valence-electron chi connectivity index (χ4n) is 1.88. The number of pyridine rings is 1. The second-order valence-corrected chi connectivity index (χ2v) is 4.68. The molecule has 0 bridgehead atoms. The maximum Gasteiger partial charge on any atom is 0.0407 e. The van der Waals surface area contributed by atoms with Gasteiger partial charge in [-0.3, -0.25) is 4.98 Å². The van der Waals surface area contributed by atoms with Crippen molar-refractivity contribution in [2.75, 3.05) is 0 Å². The van der Waals surface area contributed by atoms with E-state index in [1.807, 2.05) is 6.20 Å². The molecule has 1 aromatic rings. The fraction of sp³-hybridized carbons (Fsp3) is 0.400. The summed E-state index contributed by atoms with van der Waals surface area (Å²) in [5, 5.41) is 0. The Bertz CT molecular complexity index is 398. The molecule has 0 aromatic carbocycles. The van der Waals surface area contributed by atoms with Crippen LogP contribution in [0.15, 0.2) is 42.1 Å². The van der Waals surface area contributed by atoms with Crippen LogP contribution in [0, 0.1) is 12.8 Å². The zero-order valence-electron chi connectivity index (χ0n) is 10.1. The van der Waals surface area contributed by atoms with E-state index in [-0.39, 0.29) is 0 Å². The molecule has 0 aliphatic heterocycles. The smallest absolute Gasteiger partial charge is 0.0407 e. The molecule has 1 heterocycles. The number of rotatable bonds is 3. The topological polar surface area (TPSA) is 12.9 Å². The average molecular weight is 213 g/mol. The lowest BCUT2D eigenvalue weighted by Crippen LogP contribution is -1.97. The summed E-state index contributed by atoms with van der Waals surface area (Å²) in [6, 6.07) is 4.26. The third-order valence-corrected chi connectivity index (χ3v) is 3.03. The molecule has 1 aromatic heterocycles. The van der Waals surface area contributed by atoms with Gasteiger partial charge in [-0.25, -0.2) is 0 Å². The summed E-state index contributed by atoms with van der Waals surface area (Å²) in [6.45, 7) is 4.33. The third kappa shape index (κ3) is 3.06. The van der Waals surface area contributed by atoms with Crippen molar-refractivity contribution in [2.45, 2.75) is 33.1 Å². The zero-order valence-corrected chi connectivity index (χ0v) is 10.1. The Morgan fingerprint density at radius 3 is 2.81 bits per heavy atom. The van der Waals surface area contributed by atoms with Crippen LogP contribution in [0.25, 0.3) is 0 Å². The minimum Gasteiger partial charge on any atom is -0.261 e. The van der Waals surface area contributed by atoms with Crippen molar-refractivity contribution < 1.29 is 0 Å². The van der Waals surface area contributed by atoms with E-state index >= 15 is 0 Å². The molecule has 1 unspecified atom stereocenters. The number of aromatic nitrogens is 1. The normalized spacial score (nSPS) is 19.6. The van der Waals surface area contributed by atoms with Crippen LogP contribution in [0.5, 0.6) is 0 Å². The summed E-state index contributed by atoms with van der Waals surface area (Å²) >= 11 is 0. The maximum absolute atomic E-state index is 4.43. The Balaban J connectivity index is 1.88. The predicted octanol–water partition coefficient (Wildman–Crippen LogP) is 3.85. The molecule has 1 aliphatic rings. The van der Waals surface area contributed by atoms with Gasteiger partial charge in [-0.2, -0.15) is 0 Å². The van der Waals surface area contributed by atoms with Gasteiger partial charge in [-0.15, -0.1) is 0 Å². The number of nitrogens with zero attached hydrogens (tertiary/aromatic N) is 1. The van der Waals surface area contributed by atoms with Gasteiger partial charge in [-0.1, -0.05) is 36.8 Å². The predicted molar refractivity (Wildman–Crippen MR) is 68.3 cm³/mol. The molecule has 0 saturated carbocycles. The van der Waals surface area contributed by atoms with Gasteiger partial charge in [-0.05, 0) is 43.7 Å². The van der Waals surface area contributed by atoms with Gasteiger partial charge < -0.3 is 0 Å². The molecule has 0 saturated heterocycles. The van der Waals surface area contributed by atoms with Crippen molar-refractivity contribution in [1.29, 1.82) is 0 Å². The van der Waals surface area contributed by atoms with E-state index in [1.165, 1.54) is 23.3 Å². The van der Waals surface area contributed by atoms with Crippen LogP contribution in [0.2, 0.25) is 0 Å². The van der Waals surface area contributed by atoms with Crippen molar-refractivity contribution in [3.8, 4) is 0 Å². The van der Waals surface area contributed by atoms with Crippen LogP contribution in [0.4, 0.5) is 0 Å². The number of hydrogen-bond donors (Lipinski definition) is 0. The van der Waals surface area contributed by atoms with Gasteiger partial charge in [0.25, 0.3) is 0 Å². The first kappa shape index (κ1) is 11.1. The van der Waals surface area contributed by atoms with Gasteiger partial charge in [0.05, 0.1) is 0 Å². The van der Waals surface area contributed by atoms with Crippen LogP contribution >= 0.6 is 0 Å². The number of hydrogen-bond acceptors (Lipinski definition) is 1. The highest BCUT2D eigenvalue weighted by Crippen LogP contribution is 2.19. The Labute approximate surface area is 97.9 Å². The highest BCUT2D eigenvalue weighted by Gasteiger charge is 2.04. The SMILES string of the molecule is Cc1ccc(CCC2=CCC(C)C=C2)nc1. The van der Waals surface area contributed by atoms with E-state index in [1.54, 1.807) is 0 Å². The second kappa shape index (κ2) is 5.11. The molecule has 2 rings (SSSR count). The standard InChI is InChI=1S/C15H19N/c1-12-3-6-14(7-4-12)8-10-15-9-5-13(2)11-16-15/h3,5-7,9,11-12H,4,8,10H2,1-2H3. The molecule has 0 N–H and O–H groups in total. The first-order chi connectivity index (χ1) is 7.74. The first-order valence-corrected chi connectivity index (χ1v) is 6.03. The van der Waals surface area contributed by atoms with Crippen molar-refractivity contribution in [1.82, 2.24) is 4.98 Å². The summed E-state index contributed by atoms with van der Waals surface area (Å²) < 4.78 is 0. The monoisotopic (exact) mass is 213 g/mol. The van der Waals surface area contributed by atoms with Crippen LogP contribution < -0.4 is 0 Å². The summed E-state index contributed by atoms with van der Waals surface area (Å²) in [7, 11) is 0. The molecule has 1 atom stereocenters. The maximum atomic E-state index is 4.43. The Hall–Kier alpha value is -1.37. The highest BCUT2D eigenvalue weighted by atomic mass is 14.7. The van der Waals surface area contributed by atoms with Crippen molar-refractivity contribution in [2.24, 2.45) is 5.92 Å². The van der Waals surface area contributed by atoms with Gasteiger partial charge >= 0.3 is 0 Å². The first-order valence-electron chi connectivity index (χ1n) is 6.03. The lowest BCUT2D eigenvalue weighted by molar-refractivity contribution is 0.722. The molecule has 16 heavy (non-hydrogen) atoms. The van der Waals surface area contributed by atoms with Gasteiger partial charge in [0.15, 0.2) is 0 Å². The fourth-order valence-corrected chi connectivity index (χ4v) is 1.88. The minimum absolute atomic E-state index is 0.709. The molecule has 1 heteroatoms. The Morgan fingerprint density at radius 2 is 2.19 bits per heavy atom. The summed E-state index contributed by atoms with van der Waals surface area (Å²) in [5.41, 5.74) is 3.88. The van der Waals surface area contributed by atoms with Crippen LogP contribution in [-0.4, -0.2) is 4.98 Å². The minimum atomic E-state index is 0.709. The second-order valence-electron chi connectivity index (χ2n) is 4.68. The number of allylic oxidation sites excluding steroid dienone is 4. The van der Waals surface area contributed by atoms with Gasteiger partial charge in [0, 0.05) is 11.9 Å². The molecular formula is C15H19N. The molecule has 1 nitrogen and oxygen atoms in total. The van der Waals surface area contributed by atoms with Crippen LogP contribution in [0.1, 0.15) is 31.0 Å². The molecule has 84 valence electrons. The largest absolute Gasteiger partial charge is 0.261 e. The molecule has 1 aliphatic carbocycles.